The van der Waals surface area contributed by atoms with Crippen molar-refractivity contribution in [1.29, 1.82) is 0 Å². The van der Waals surface area contributed by atoms with Crippen molar-refractivity contribution >= 4 is 27.9 Å². The summed E-state index contributed by atoms with van der Waals surface area (Å²) < 4.78 is 0. The number of nitrogens with zero attached hydrogens (tertiary/aromatic N) is 1. The van der Waals surface area contributed by atoms with Crippen LogP contribution in [0.15, 0.2) is 96.2 Å². The van der Waals surface area contributed by atoms with E-state index in [0.717, 1.165) is 36.3 Å². The number of thiazole rings is 1. The van der Waals surface area contributed by atoms with Crippen LogP contribution in [0.3, 0.4) is 0 Å². The summed E-state index contributed by atoms with van der Waals surface area (Å²) >= 11 is 1.65. The van der Waals surface area contributed by atoms with Crippen LogP contribution in [0.4, 0.5) is 0 Å². The zero-order chi connectivity index (χ0) is 29.6. The molecule has 0 amide bonds. The Kier molecular flexibility index (Phi) is 11.3. The van der Waals surface area contributed by atoms with Crippen LogP contribution in [-0.2, 0) is 24.9 Å². The van der Waals surface area contributed by atoms with Crippen molar-refractivity contribution in [2.45, 2.75) is 53.4 Å². The second-order valence-electron chi connectivity index (χ2n) is 10.8. The molecule has 4 aromatic carbocycles. The Hall–Kier alpha value is -3.37. The number of benzene rings is 4. The van der Waals surface area contributed by atoms with E-state index in [9.17, 15) is 9.90 Å². The third-order valence-corrected chi connectivity index (χ3v) is 9.20. The molecular weight excluding hydrogens is 727 g/mol. The first kappa shape index (κ1) is 32.5. The minimum atomic E-state index is 0. The van der Waals surface area contributed by atoms with Crippen molar-refractivity contribution in [2.24, 2.45) is 11.8 Å². The van der Waals surface area contributed by atoms with Gasteiger partial charge < -0.3 is 5.11 Å². The summed E-state index contributed by atoms with van der Waals surface area (Å²) in [5.74, 6) is 0.547. The molecule has 5 heteroatoms. The van der Waals surface area contributed by atoms with Gasteiger partial charge in [-0.05, 0) is 53.1 Å². The maximum atomic E-state index is 11.7. The van der Waals surface area contributed by atoms with Gasteiger partial charge in [0.25, 0.3) is 0 Å². The fourth-order valence-corrected chi connectivity index (χ4v) is 6.56. The first-order chi connectivity index (χ1) is 20.5. The Morgan fingerprint density at radius 2 is 1.40 bits per heavy atom. The molecule has 5 aromatic rings. The molecule has 0 fully saturated rings. The summed E-state index contributed by atoms with van der Waals surface area (Å²) in [4.78, 5) is 16.2. The van der Waals surface area contributed by atoms with Gasteiger partial charge >= 0.3 is 0 Å². The third kappa shape index (κ3) is 6.75. The van der Waals surface area contributed by atoms with Crippen LogP contribution < -0.4 is 0 Å². The average molecular weight is 765 g/mol. The molecule has 1 aliphatic rings. The molecule has 0 saturated heterocycles. The van der Waals surface area contributed by atoms with Gasteiger partial charge in [0.2, 0.25) is 0 Å². The summed E-state index contributed by atoms with van der Waals surface area (Å²) in [5, 5.41) is 15.4. The predicted molar refractivity (Wildman–Crippen MR) is 178 cm³/mol. The number of carbonyl (C=O) groups excluding carboxylic acids is 1. The molecule has 0 spiro atoms. The first-order valence-electron chi connectivity index (χ1n) is 15.0. The summed E-state index contributed by atoms with van der Waals surface area (Å²) in [5.41, 5.74) is 8.66. The molecular formula is C38H38IrNO2S-. The molecule has 43 heavy (non-hydrogen) atoms. The molecule has 1 N–H and O–H groups in total. The Morgan fingerprint density at radius 1 is 0.814 bits per heavy atom. The summed E-state index contributed by atoms with van der Waals surface area (Å²) in [6.45, 7) is 8.07. The summed E-state index contributed by atoms with van der Waals surface area (Å²) in [6.07, 6.45) is 6.76. The molecule has 1 aromatic heterocycles. The maximum Gasteiger partial charge on any atom is 0.162 e. The van der Waals surface area contributed by atoms with Gasteiger partial charge in [-0.3, -0.25) is 9.78 Å². The zero-order valence-corrected chi connectivity index (χ0v) is 28.4. The van der Waals surface area contributed by atoms with Crippen LogP contribution in [0.25, 0.3) is 54.7 Å². The zero-order valence-electron chi connectivity index (χ0n) is 25.2. The van der Waals surface area contributed by atoms with Crippen LogP contribution in [0.5, 0.6) is 0 Å². The molecule has 0 bridgehead atoms. The van der Waals surface area contributed by atoms with Crippen molar-refractivity contribution in [3.8, 4) is 44.0 Å². The van der Waals surface area contributed by atoms with Crippen molar-refractivity contribution in [1.82, 2.24) is 4.98 Å². The molecule has 6 rings (SSSR count). The average Bonchev–Trinajstić information content (AvgIpc) is 3.54. The molecule has 0 saturated carbocycles. The van der Waals surface area contributed by atoms with Gasteiger partial charge in [-0.2, -0.15) is 11.3 Å². The van der Waals surface area contributed by atoms with E-state index in [0.29, 0.717) is 0 Å². The predicted octanol–water partition coefficient (Wildman–Crippen LogP) is 10.9. The normalized spacial score (nSPS) is 11.7. The van der Waals surface area contributed by atoms with Gasteiger partial charge in [0.1, 0.15) is 0 Å². The van der Waals surface area contributed by atoms with E-state index < -0.39 is 0 Å². The number of hydrogen-bond acceptors (Lipinski definition) is 4. The Morgan fingerprint density at radius 3 is 1.98 bits per heavy atom. The Balaban J connectivity index is 0.000000230. The fraction of sp³-hybridized carbons (Fsp3) is 0.263. The second-order valence-corrected chi connectivity index (χ2v) is 11.7. The number of ketones is 1. The maximum absolute atomic E-state index is 11.7. The van der Waals surface area contributed by atoms with Crippen molar-refractivity contribution in [2.75, 3.05) is 0 Å². The van der Waals surface area contributed by atoms with Gasteiger partial charge in [0.05, 0.1) is 5.76 Å². The van der Waals surface area contributed by atoms with Crippen LogP contribution in [0.2, 0.25) is 0 Å². The van der Waals surface area contributed by atoms with Crippen molar-refractivity contribution in [3.63, 3.8) is 0 Å². The SMILES string of the molecule is CCC(CC)C(=O)/C=C(\O)C(CC)CC.[Ir].[c-]1cc2c(cc1-c1nccs1)-c1ccccc1-c1cccc3cccc-2c13. The van der Waals surface area contributed by atoms with Crippen LogP contribution in [0.1, 0.15) is 53.4 Å². The summed E-state index contributed by atoms with van der Waals surface area (Å²) in [6, 6.07) is 29.7. The molecule has 0 unspecified atom stereocenters. The molecule has 1 heterocycles. The number of hydrogen-bond donors (Lipinski definition) is 1. The summed E-state index contributed by atoms with van der Waals surface area (Å²) in [7, 11) is 0. The van der Waals surface area contributed by atoms with E-state index in [1.165, 1.54) is 50.2 Å². The van der Waals surface area contributed by atoms with Crippen molar-refractivity contribution in [3.05, 3.63) is 102 Å². The minimum Gasteiger partial charge on any atom is -0.512 e. The van der Waals surface area contributed by atoms with E-state index in [4.69, 9.17) is 0 Å². The van der Waals surface area contributed by atoms with Crippen molar-refractivity contribution < 1.29 is 30.0 Å². The van der Waals surface area contributed by atoms with Gasteiger partial charge in [0, 0.05) is 54.6 Å². The van der Waals surface area contributed by atoms with E-state index in [2.05, 4.69) is 83.8 Å². The number of aliphatic hydroxyl groups is 1. The van der Waals surface area contributed by atoms with Gasteiger partial charge in [-0.15, -0.1) is 23.8 Å². The molecule has 3 nitrogen and oxygen atoms in total. The first-order valence-corrected chi connectivity index (χ1v) is 15.9. The van der Waals surface area contributed by atoms with E-state index in [-0.39, 0.29) is 43.5 Å². The molecule has 223 valence electrons. The standard InChI is InChI=1S/C25H14NS.C13H24O2.Ir/c1-2-8-19-18(7-1)21-9-3-5-16-6-4-10-22(24(16)21)20-12-11-17(15-23(19)20)25-26-13-14-27-25;1-5-10(6-2)12(14)9-13(15)11(7-3)8-4;/h1-10,12-15H;9-11,14H,5-8H2,1-4H3;/q-1;;/b;12-9-;. The quantitative estimate of drug-likeness (QED) is 0.0954. The van der Waals surface area contributed by atoms with E-state index in [1.54, 1.807) is 11.3 Å². The number of carbonyl (C=O) groups is 1. The van der Waals surface area contributed by atoms with Gasteiger partial charge in [-0.1, -0.05) is 105 Å². The fourth-order valence-electron chi connectivity index (χ4n) is 5.94. The Labute approximate surface area is 273 Å². The Bertz CT molecular complexity index is 1710. The van der Waals surface area contributed by atoms with Gasteiger partial charge in [0.15, 0.2) is 5.78 Å². The van der Waals surface area contributed by atoms with Crippen LogP contribution in [0, 0.1) is 17.9 Å². The number of aliphatic hydroxyl groups excluding tert-OH is 1. The monoisotopic (exact) mass is 765 g/mol. The number of aromatic nitrogens is 1. The topological polar surface area (TPSA) is 50.2 Å². The minimum absolute atomic E-state index is 0. The number of rotatable bonds is 8. The largest absolute Gasteiger partial charge is 0.512 e. The second kappa shape index (κ2) is 14.9. The smallest absolute Gasteiger partial charge is 0.162 e. The van der Waals surface area contributed by atoms with Crippen LogP contribution >= 0.6 is 11.3 Å². The van der Waals surface area contributed by atoms with E-state index >= 15 is 0 Å². The third-order valence-electron chi connectivity index (χ3n) is 8.40. The van der Waals surface area contributed by atoms with E-state index in [1.807, 2.05) is 39.3 Å². The molecule has 1 radical (unpaired) electrons. The molecule has 0 atom stereocenters. The number of fused-ring (bicyclic) bond motifs is 5. The van der Waals surface area contributed by atoms with Crippen LogP contribution in [-0.4, -0.2) is 15.9 Å². The number of allylic oxidation sites excluding steroid dienone is 2. The molecule has 0 aliphatic heterocycles. The molecule has 1 aliphatic carbocycles. The van der Waals surface area contributed by atoms with Gasteiger partial charge in [-0.25, -0.2) is 0 Å².